The molecule has 96 valence electrons. The molecule has 0 bridgehead atoms. The lowest BCUT2D eigenvalue weighted by Crippen LogP contribution is -2.11. The van der Waals surface area contributed by atoms with Crippen LogP contribution in [0.1, 0.15) is 5.82 Å². The molecule has 2 rings (SSSR count). The van der Waals surface area contributed by atoms with Crippen LogP contribution in [0.15, 0.2) is 24.3 Å². The van der Waals surface area contributed by atoms with Crippen LogP contribution in [0.3, 0.4) is 0 Å². The molecule has 0 saturated carbocycles. The average molecular weight is 250 g/mol. The number of carboxylic acids is 1. The third kappa shape index (κ3) is 2.66. The van der Waals surface area contributed by atoms with E-state index in [0.717, 1.165) is 11.0 Å². The predicted molar refractivity (Wildman–Crippen MR) is 64.1 cm³/mol. The number of fused-ring (bicyclic) bond motifs is 1. The number of ether oxygens (including phenoxy) is 1. The van der Waals surface area contributed by atoms with Crippen molar-refractivity contribution >= 4 is 17.0 Å². The zero-order valence-electron chi connectivity index (χ0n) is 9.74. The van der Waals surface area contributed by atoms with Crippen LogP contribution in [-0.4, -0.2) is 38.9 Å². The first-order valence-electron chi connectivity index (χ1n) is 5.57. The van der Waals surface area contributed by atoms with Crippen molar-refractivity contribution in [3.05, 3.63) is 30.1 Å². The molecule has 0 aliphatic heterocycles. The summed E-state index contributed by atoms with van der Waals surface area (Å²) in [5, 5.41) is 17.6. The van der Waals surface area contributed by atoms with Crippen LogP contribution >= 0.6 is 0 Å². The van der Waals surface area contributed by atoms with Crippen LogP contribution in [0.4, 0.5) is 0 Å². The quantitative estimate of drug-likeness (QED) is 0.785. The zero-order valence-corrected chi connectivity index (χ0v) is 9.74. The van der Waals surface area contributed by atoms with E-state index in [1.165, 1.54) is 0 Å². The topological polar surface area (TPSA) is 84.6 Å². The van der Waals surface area contributed by atoms with Crippen molar-refractivity contribution in [2.75, 3.05) is 13.2 Å². The molecule has 0 spiro atoms. The number of aliphatic hydroxyl groups is 1. The minimum absolute atomic E-state index is 0.00765. The number of carbonyl (C=O) groups is 1. The Hall–Kier alpha value is -1.92. The first-order chi connectivity index (χ1) is 8.72. The molecular formula is C12H14N2O4. The van der Waals surface area contributed by atoms with E-state index in [2.05, 4.69) is 4.98 Å². The largest absolute Gasteiger partial charge is 0.480 e. The lowest BCUT2D eigenvalue weighted by molar-refractivity contribution is -0.142. The van der Waals surface area contributed by atoms with Gasteiger partial charge in [0.25, 0.3) is 0 Å². The zero-order chi connectivity index (χ0) is 13.0. The van der Waals surface area contributed by atoms with E-state index in [1.807, 2.05) is 28.8 Å². The number of hydrogen-bond donors (Lipinski definition) is 2. The molecule has 6 nitrogen and oxygen atoms in total. The van der Waals surface area contributed by atoms with Gasteiger partial charge >= 0.3 is 5.97 Å². The van der Waals surface area contributed by atoms with Crippen molar-refractivity contribution in [3.63, 3.8) is 0 Å². The fraction of sp³-hybridized carbons (Fsp3) is 0.333. The Labute approximate surface area is 103 Å². The SMILES string of the molecule is O=C(O)COCc1nc2ccccc2n1CCO. The molecule has 2 N–H and O–H groups in total. The highest BCUT2D eigenvalue weighted by Crippen LogP contribution is 2.16. The Bertz CT molecular complexity index is 550. The molecule has 1 aromatic carbocycles. The number of carboxylic acid groups (broad SMARTS) is 1. The Morgan fingerprint density at radius 3 is 2.89 bits per heavy atom. The third-order valence-corrected chi connectivity index (χ3v) is 2.51. The van der Waals surface area contributed by atoms with Crippen LogP contribution in [0, 0.1) is 0 Å². The van der Waals surface area contributed by atoms with Crippen LogP contribution in [0.2, 0.25) is 0 Å². The maximum absolute atomic E-state index is 10.4. The van der Waals surface area contributed by atoms with Gasteiger partial charge in [-0.05, 0) is 12.1 Å². The molecule has 0 fully saturated rings. The number of rotatable bonds is 6. The molecule has 0 atom stereocenters. The second kappa shape index (κ2) is 5.61. The molecule has 6 heteroatoms. The smallest absolute Gasteiger partial charge is 0.329 e. The van der Waals surface area contributed by atoms with E-state index in [4.69, 9.17) is 14.9 Å². The van der Waals surface area contributed by atoms with Gasteiger partial charge in [0.05, 0.1) is 17.6 Å². The number of hydrogen-bond acceptors (Lipinski definition) is 4. The fourth-order valence-corrected chi connectivity index (χ4v) is 1.81. The molecule has 2 aromatic rings. The van der Waals surface area contributed by atoms with E-state index in [9.17, 15) is 4.79 Å². The van der Waals surface area contributed by atoms with Crippen LogP contribution in [0.5, 0.6) is 0 Å². The van der Waals surface area contributed by atoms with E-state index in [-0.39, 0.29) is 19.8 Å². The first-order valence-corrected chi connectivity index (χ1v) is 5.57. The van der Waals surface area contributed by atoms with Gasteiger partial charge in [-0.15, -0.1) is 0 Å². The summed E-state index contributed by atoms with van der Waals surface area (Å²) in [4.78, 5) is 14.7. The van der Waals surface area contributed by atoms with Crippen molar-refractivity contribution < 1.29 is 19.7 Å². The lowest BCUT2D eigenvalue weighted by Gasteiger charge is -2.06. The normalized spacial score (nSPS) is 10.9. The van der Waals surface area contributed by atoms with Gasteiger partial charge in [-0.2, -0.15) is 0 Å². The number of para-hydroxylation sites is 2. The molecule has 18 heavy (non-hydrogen) atoms. The van der Waals surface area contributed by atoms with Gasteiger partial charge in [0, 0.05) is 6.54 Å². The molecule has 0 unspecified atom stereocenters. The Morgan fingerprint density at radius 2 is 2.17 bits per heavy atom. The molecule has 0 radical (unpaired) electrons. The molecule has 0 saturated heterocycles. The van der Waals surface area contributed by atoms with Gasteiger partial charge in [0.2, 0.25) is 0 Å². The highest BCUT2D eigenvalue weighted by molar-refractivity contribution is 5.75. The molecule has 0 amide bonds. The summed E-state index contributed by atoms with van der Waals surface area (Å²) in [5.74, 6) is -0.397. The molecule has 1 heterocycles. The van der Waals surface area contributed by atoms with Crippen LogP contribution in [-0.2, 0) is 22.7 Å². The minimum atomic E-state index is -1.01. The maximum atomic E-state index is 10.4. The first kappa shape index (κ1) is 12.5. The predicted octanol–water partition coefficient (Wildman–Crippen LogP) is 0.630. The standard InChI is InChI=1S/C12H14N2O4/c15-6-5-14-10-4-2-1-3-9(10)13-11(14)7-18-8-12(16)17/h1-4,15H,5-8H2,(H,16,17). The van der Waals surface area contributed by atoms with Crippen molar-refractivity contribution in [2.24, 2.45) is 0 Å². The summed E-state index contributed by atoms with van der Waals surface area (Å²) in [6.07, 6.45) is 0. The van der Waals surface area contributed by atoms with Gasteiger partial charge in [-0.3, -0.25) is 0 Å². The summed E-state index contributed by atoms with van der Waals surface area (Å²) in [7, 11) is 0. The Kier molecular flexibility index (Phi) is 3.91. The minimum Gasteiger partial charge on any atom is -0.480 e. The third-order valence-electron chi connectivity index (χ3n) is 2.51. The summed E-state index contributed by atoms with van der Waals surface area (Å²) in [6.45, 7) is 0.155. The van der Waals surface area contributed by atoms with E-state index in [0.29, 0.717) is 12.4 Å². The van der Waals surface area contributed by atoms with E-state index < -0.39 is 5.97 Å². The highest BCUT2D eigenvalue weighted by atomic mass is 16.5. The second-order valence-corrected chi connectivity index (χ2v) is 3.78. The average Bonchev–Trinajstić information content (AvgIpc) is 2.68. The number of aliphatic hydroxyl groups excluding tert-OH is 1. The summed E-state index contributed by atoms with van der Waals surface area (Å²) in [6, 6.07) is 7.53. The lowest BCUT2D eigenvalue weighted by atomic mass is 10.3. The number of imidazole rings is 1. The monoisotopic (exact) mass is 250 g/mol. The van der Waals surface area contributed by atoms with Gasteiger partial charge in [-0.1, -0.05) is 12.1 Å². The van der Waals surface area contributed by atoms with Crippen molar-refractivity contribution in [1.82, 2.24) is 9.55 Å². The van der Waals surface area contributed by atoms with Crippen molar-refractivity contribution in [2.45, 2.75) is 13.2 Å². The Morgan fingerprint density at radius 1 is 1.39 bits per heavy atom. The molecular weight excluding hydrogens is 236 g/mol. The van der Waals surface area contributed by atoms with Crippen molar-refractivity contribution in [3.8, 4) is 0 Å². The maximum Gasteiger partial charge on any atom is 0.329 e. The van der Waals surface area contributed by atoms with Gasteiger partial charge in [-0.25, -0.2) is 9.78 Å². The number of aliphatic carboxylic acids is 1. The van der Waals surface area contributed by atoms with Crippen LogP contribution < -0.4 is 0 Å². The number of nitrogens with zero attached hydrogens (tertiary/aromatic N) is 2. The summed E-state index contributed by atoms with van der Waals surface area (Å²) >= 11 is 0. The number of benzene rings is 1. The van der Waals surface area contributed by atoms with Gasteiger partial charge in [0.1, 0.15) is 19.0 Å². The summed E-state index contributed by atoms with van der Waals surface area (Å²) < 4.78 is 6.86. The number of aromatic nitrogens is 2. The van der Waals surface area contributed by atoms with Crippen molar-refractivity contribution in [1.29, 1.82) is 0 Å². The van der Waals surface area contributed by atoms with E-state index in [1.54, 1.807) is 0 Å². The molecule has 0 aliphatic carbocycles. The fourth-order valence-electron chi connectivity index (χ4n) is 1.81. The van der Waals surface area contributed by atoms with Gasteiger partial charge < -0.3 is 19.5 Å². The molecule has 0 aliphatic rings. The Balaban J connectivity index is 2.24. The highest BCUT2D eigenvalue weighted by Gasteiger charge is 2.10. The summed E-state index contributed by atoms with van der Waals surface area (Å²) in [5.41, 5.74) is 1.71. The molecule has 1 aromatic heterocycles. The van der Waals surface area contributed by atoms with Crippen LogP contribution in [0.25, 0.3) is 11.0 Å². The van der Waals surface area contributed by atoms with E-state index >= 15 is 0 Å². The second-order valence-electron chi connectivity index (χ2n) is 3.78. The van der Waals surface area contributed by atoms with Gasteiger partial charge in [0.15, 0.2) is 0 Å².